The average molecular weight is 295 g/mol. The molecule has 1 heteroatoms. The highest BCUT2D eigenvalue weighted by Gasteiger charge is 2.21. The van der Waals surface area contributed by atoms with Gasteiger partial charge in [-0.1, -0.05) is 52.2 Å². The van der Waals surface area contributed by atoms with Crippen molar-refractivity contribution in [1.82, 2.24) is 0 Å². The molecule has 21 heavy (non-hydrogen) atoms. The van der Waals surface area contributed by atoms with E-state index < -0.39 is 0 Å². The second kappa shape index (κ2) is 10.4. The zero-order chi connectivity index (χ0) is 15.7. The molecule has 0 amide bonds. The van der Waals surface area contributed by atoms with Crippen LogP contribution in [0.2, 0.25) is 0 Å². The fraction of sp³-hybridized carbons (Fsp3) is 0.900. The van der Waals surface area contributed by atoms with E-state index in [1.807, 2.05) is 0 Å². The Morgan fingerprint density at radius 1 is 1.24 bits per heavy atom. The van der Waals surface area contributed by atoms with Gasteiger partial charge in [0.15, 0.2) is 0 Å². The van der Waals surface area contributed by atoms with Gasteiger partial charge in [-0.05, 0) is 68.6 Å². The maximum Gasteiger partial charge on any atom is 0.0462 e. The van der Waals surface area contributed by atoms with Gasteiger partial charge in [0.25, 0.3) is 0 Å². The second-order valence-electron chi connectivity index (χ2n) is 7.76. The molecule has 1 aliphatic carbocycles. The predicted octanol–water partition coefficient (Wildman–Crippen LogP) is 5.97. The van der Waals surface area contributed by atoms with Crippen LogP contribution in [0.4, 0.5) is 0 Å². The first-order chi connectivity index (χ1) is 10.1. The van der Waals surface area contributed by atoms with Crippen LogP contribution >= 0.6 is 0 Å². The molecule has 1 aliphatic rings. The number of aliphatic hydroxyl groups is 1. The lowest BCUT2D eigenvalue weighted by Gasteiger charge is -2.27. The molecule has 3 atom stereocenters. The molecule has 0 aliphatic heterocycles. The minimum absolute atomic E-state index is 0.378. The van der Waals surface area contributed by atoms with E-state index in [2.05, 4.69) is 33.8 Å². The molecule has 0 aromatic carbocycles. The molecular formula is C20H38O. The van der Waals surface area contributed by atoms with Crippen LogP contribution in [0, 0.1) is 23.7 Å². The number of rotatable bonds is 10. The Kier molecular flexibility index (Phi) is 9.31. The van der Waals surface area contributed by atoms with Crippen molar-refractivity contribution in [3.05, 3.63) is 11.6 Å². The number of hydrogen-bond donors (Lipinski definition) is 1. The van der Waals surface area contributed by atoms with E-state index in [4.69, 9.17) is 0 Å². The second-order valence-corrected chi connectivity index (χ2v) is 7.76. The van der Waals surface area contributed by atoms with E-state index in [-0.39, 0.29) is 0 Å². The van der Waals surface area contributed by atoms with E-state index in [0.29, 0.717) is 18.4 Å². The van der Waals surface area contributed by atoms with Gasteiger partial charge >= 0.3 is 0 Å². The summed E-state index contributed by atoms with van der Waals surface area (Å²) < 4.78 is 0. The van der Waals surface area contributed by atoms with Gasteiger partial charge in [-0.3, -0.25) is 0 Å². The molecule has 0 heterocycles. The molecule has 124 valence electrons. The molecule has 1 rings (SSSR count). The zero-order valence-electron chi connectivity index (χ0n) is 14.9. The monoisotopic (exact) mass is 294 g/mol. The highest BCUT2D eigenvalue weighted by Crippen LogP contribution is 2.31. The van der Waals surface area contributed by atoms with Crippen molar-refractivity contribution in [3.8, 4) is 0 Å². The third-order valence-electron chi connectivity index (χ3n) is 5.17. The van der Waals surface area contributed by atoms with Crippen LogP contribution in [-0.2, 0) is 0 Å². The summed E-state index contributed by atoms with van der Waals surface area (Å²) in [4.78, 5) is 0. The first-order valence-corrected chi connectivity index (χ1v) is 9.35. The lowest BCUT2D eigenvalue weighted by atomic mass is 9.79. The molecule has 0 radical (unpaired) electrons. The highest BCUT2D eigenvalue weighted by molar-refractivity contribution is 5.05. The molecule has 1 N–H and O–H groups in total. The van der Waals surface area contributed by atoms with Crippen molar-refractivity contribution < 1.29 is 5.11 Å². The Labute approximate surface area is 133 Å². The van der Waals surface area contributed by atoms with Gasteiger partial charge in [-0.25, -0.2) is 0 Å². The summed E-state index contributed by atoms with van der Waals surface area (Å²) in [6.45, 7) is 9.58. The molecule has 0 aromatic rings. The summed E-state index contributed by atoms with van der Waals surface area (Å²) in [5.74, 6) is 2.84. The SMILES string of the molecule is CCCC(CCCC1=CCC(C)CC1)C(CO)CC(C)C. The zero-order valence-corrected chi connectivity index (χ0v) is 14.9. The average Bonchev–Trinajstić information content (AvgIpc) is 2.46. The summed E-state index contributed by atoms with van der Waals surface area (Å²) in [5, 5.41) is 9.74. The van der Waals surface area contributed by atoms with Crippen LogP contribution in [0.15, 0.2) is 11.6 Å². The van der Waals surface area contributed by atoms with Crippen molar-refractivity contribution >= 4 is 0 Å². The van der Waals surface area contributed by atoms with Crippen molar-refractivity contribution in [2.75, 3.05) is 6.61 Å². The van der Waals surface area contributed by atoms with E-state index in [1.54, 1.807) is 5.57 Å². The van der Waals surface area contributed by atoms with Gasteiger partial charge in [-0.2, -0.15) is 0 Å². The number of allylic oxidation sites excluding steroid dienone is 2. The van der Waals surface area contributed by atoms with Gasteiger partial charge in [0, 0.05) is 6.61 Å². The minimum atomic E-state index is 0.378. The summed E-state index contributed by atoms with van der Waals surface area (Å²) >= 11 is 0. The van der Waals surface area contributed by atoms with E-state index in [9.17, 15) is 5.11 Å². The van der Waals surface area contributed by atoms with Gasteiger partial charge in [0.2, 0.25) is 0 Å². The van der Waals surface area contributed by atoms with Crippen LogP contribution < -0.4 is 0 Å². The third kappa shape index (κ3) is 7.49. The molecular weight excluding hydrogens is 256 g/mol. The molecule has 0 aromatic heterocycles. The summed E-state index contributed by atoms with van der Waals surface area (Å²) in [7, 11) is 0. The Bertz CT molecular complexity index is 292. The van der Waals surface area contributed by atoms with Gasteiger partial charge in [0.1, 0.15) is 0 Å². The van der Waals surface area contributed by atoms with Crippen molar-refractivity contribution in [2.24, 2.45) is 23.7 Å². The predicted molar refractivity (Wildman–Crippen MR) is 93.4 cm³/mol. The molecule has 0 bridgehead atoms. The summed E-state index contributed by atoms with van der Waals surface area (Å²) in [6, 6.07) is 0. The molecule has 3 unspecified atom stereocenters. The van der Waals surface area contributed by atoms with Gasteiger partial charge < -0.3 is 5.11 Å². The van der Waals surface area contributed by atoms with E-state index >= 15 is 0 Å². The van der Waals surface area contributed by atoms with E-state index in [1.165, 1.54) is 57.8 Å². The Balaban J connectivity index is 2.39. The topological polar surface area (TPSA) is 20.2 Å². The minimum Gasteiger partial charge on any atom is -0.396 e. The Hall–Kier alpha value is -0.300. The van der Waals surface area contributed by atoms with E-state index in [0.717, 1.165) is 11.8 Å². The quantitative estimate of drug-likeness (QED) is 0.492. The van der Waals surface area contributed by atoms with Gasteiger partial charge in [-0.15, -0.1) is 0 Å². The lowest BCUT2D eigenvalue weighted by molar-refractivity contribution is 0.140. The van der Waals surface area contributed by atoms with Crippen molar-refractivity contribution in [3.63, 3.8) is 0 Å². The number of hydrogen-bond acceptors (Lipinski definition) is 1. The van der Waals surface area contributed by atoms with Crippen LogP contribution in [0.3, 0.4) is 0 Å². The summed E-state index contributed by atoms with van der Waals surface area (Å²) in [6.07, 6.45) is 14.1. The maximum absolute atomic E-state index is 9.74. The Morgan fingerprint density at radius 3 is 2.52 bits per heavy atom. The third-order valence-corrected chi connectivity index (χ3v) is 5.17. The molecule has 0 saturated carbocycles. The fourth-order valence-corrected chi connectivity index (χ4v) is 3.85. The molecule has 0 fully saturated rings. The first-order valence-electron chi connectivity index (χ1n) is 9.35. The molecule has 0 saturated heterocycles. The highest BCUT2D eigenvalue weighted by atomic mass is 16.3. The molecule has 1 nitrogen and oxygen atoms in total. The van der Waals surface area contributed by atoms with Crippen molar-refractivity contribution in [2.45, 2.75) is 85.5 Å². The smallest absolute Gasteiger partial charge is 0.0462 e. The van der Waals surface area contributed by atoms with Crippen LogP contribution in [-0.4, -0.2) is 11.7 Å². The fourth-order valence-electron chi connectivity index (χ4n) is 3.85. The van der Waals surface area contributed by atoms with Crippen LogP contribution in [0.1, 0.15) is 85.5 Å². The lowest BCUT2D eigenvalue weighted by Crippen LogP contribution is -2.21. The van der Waals surface area contributed by atoms with Crippen LogP contribution in [0.25, 0.3) is 0 Å². The van der Waals surface area contributed by atoms with Crippen molar-refractivity contribution in [1.29, 1.82) is 0 Å². The van der Waals surface area contributed by atoms with Gasteiger partial charge in [0.05, 0.1) is 0 Å². The number of aliphatic hydroxyl groups excluding tert-OH is 1. The normalized spacial score (nSPS) is 22.2. The Morgan fingerprint density at radius 2 is 2.00 bits per heavy atom. The van der Waals surface area contributed by atoms with Crippen LogP contribution in [0.5, 0.6) is 0 Å². The largest absolute Gasteiger partial charge is 0.396 e. The maximum atomic E-state index is 9.74. The summed E-state index contributed by atoms with van der Waals surface area (Å²) in [5.41, 5.74) is 1.70. The standard InChI is InChI=1S/C20H38O/c1-5-7-19(20(15-21)14-16(2)3)9-6-8-18-12-10-17(4)11-13-18/h12,16-17,19-21H,5-11,13-15H2,1-4H3. The first kappa shape index (κ1) is 18.7. The molecule has 0 spiro atoms.